The number of esters is 1. The Hall–Kier alpha value is -3.73. The predicted molar refractivity (Wildman–Crippen MR) is 111 cm³/mol. The van der Waals surface area contributed by atoms with Crippen LogP contribution in [0.3, 0.4) is 0 Å². The molecule has 11 nitrogen and oxygen atoms in total. The number of nitrogens with zero attached hydrogens (tertiary/aromatic N) is 5. The van der Waals surface area contributed by atoms with E-state index >= 15 is 0 Å². The van der Waals surface area contributed by atoms with Gasteiger partial charge < -0.3 is 19.1 Å². The zero-order chi connectivity index (χ0) is 22.0. The molecule has 0 aromatic carbocycles. The molecule has 3 aromatic heterocycles. The summed E-state index contributed by atoms with van der Waals surface area (Å²) in [7, 11) is 2.62. The lowest BCUT2D eigenvalue weighted by molar-refractivity contribution is 0.0600. The van der Waals surface area contributed by atoms with Crippen LogP contribution >= 0.6 is 0 Å². The van der Waals surface area contributed by atoms with Crippen LogP contribution in [0, 0.1) is 6.92 Å². The standard InChI is InChI=1S/C20H22N6O5/c1-12-8-16(22-20(28)30-3)21-10-14(12)17-23-18(25-4-6-31-7-5-25)15-9-13(19(27)29-2)11-26(15)24-17/h8-11H,4-7H2,1-3H3,(H,21,22,28). The number of carbonyl (C=O) groups excluding carboxylic acids is 2. The normalized spacial score (nSPS) is 13.8. The number of methoxy groups -OCH3 is 2. The Labute approximate surface area is 177 Å². The Morgan fingerprint density at radius 2 is 1.94 bits per heavy atom. The summed E-state index contributed by atoms with van der Waals surface area (Å²) in [6.07, 6.45) is 2.61. The zero-order valence-corrected chi connectivity index (χ0v) is 17.4. The van der Waals surface area contributed by atoms with Crippen molar-refractivity contribution in [3.8, 4) is 11.4 Å². The first-order chi connectivity index (χ1) is 15.0. The van der Waals surface area contributed by atoms with Gasteiger partial charge in [0, 0.05) is 31.0 Å². The summed E-state index contributed by atoms with van der Waals surface area (Å²) in [4.78, 5) is 34.7. The SMILES string of the molecule is COC(=O)Nc1cc(C)c(-c2nc(N3CCOCC3)c3cc(C(=O)OC)cn3n2)cn1. The molecule has 3 aromatic rings. The third kappa shape index (κ3) is 4.12. The van der Waals surface area contributed by atoms with Gasteiger partial charge in [0.05, 0.1) is 33.0 Å². The number of hydrogen-bond acceptors (Lipinski definition) is 9. The highest BCUT2D eigenvalue weighted by Crippen LogP contribution is 2.28. The van der Waals surface area contributed by atoms with Gasteiger partial charge in [-0.1, -0.05) is 0 Å². The Morgan fingerprint density at radius 1 is 1.16 bits per heavy atom. The topological polar surface area (TPSA) is 120 Å². The van der Waals surface area contributed by atoms with Crippen molar-refractivity contribution in [1.29, 1.82) is 0 Å². The average molecular weight is 426 g/mol. The second-order valence-corrected chi connectivity index (χ2v) is 6.91. The zero-order valence-electron chi connectivity index (χ0n) is 17.4. The molecule has 1 aliphatic heterocycles. The van der Waals surface area contributed by atoms with Crippen LogP contribution in [0.2, 0.25) is 0 Å². The molecule has 1 aliphatic rings. The number of carbonyl (C=O) groups is 2. The van der Waals surface area contributed by atoms with E-state index in [1.165, 1.54) is 14.2 Å². The molecule has 0 atom stereocenters. The number of anilines is 2. The summed E-state index contributed by atoms with van der Waals surface area (Å²) in [6.45, 7) is 4.39. The van der Waals surface area contributed by atoms with E-state index in [4.69, 9.17) is 14.5 Å². The molecule has 0 radical (unpaired) electrons. The number of fused-ring (bicyclic) bond motifs is 1. The van der Waals surface area contributed by atoms with Gasteiger partial charge in [0.1, 0.15) is 11.3 Å². The number of hydrogen-bond donors (Lipinski definition) is 1. The number of morpholine rings is 1. The van der Waals surface area contributed by atoms with Crippen LogP contribution in [0.1, 0.15) is 15.9 Å². The van der Waals surface area contributed by atoms with Gasteiger partial charge in [0.25, 0.3) is 0 Å². The summed E-state index contributed by atoms with van der Waals surface area (Å²) < 4.78 is 16.5. The Morgan fingerprint density at radius 3 is 2.61 bits per heavy atom. The lowest BCUT2D eigenvalue weighted by Crippen LogP contribution is -2.37. The summed E-state index contributed by atoms with van der Waals surface area (Å²) in [6, 6.07) is 3.43. The molecule has 162 valence electrons. The van der Waals surface area contributed by atoms with E-state index in [0.29, 0.717) is 60.4 Å². The molecule has 0 spiro atoms. The molecule has 0 saturated carbocycles. The smallest absolute Gasteiger partial charge is 0.412 e. The van der Waals surface area contributed by atoms with Gasteiger partial charge >= 0.3 is 12.1 Å². The number of rotatable bonds is 4. The van der Waals surface area contributed by atoms with Crippen molar-refractivity contribution in [2.45, 2.75) is 6.92 Å². The van der Waals surface area contributed by atoms with Gasteiger partial charge in [-0.25, -0.2) is 24.1 Å². The van der Waals surface area contributed by atoms with Crippen molar-refractivity contribution >= 4 is 29.2 Å². The quantitative estimate of drug-likeness (QED) is 0.624. The highest BCUT2D eigenvalue weighted by atomic mass is 16.5. The summed E-state index contributed by atoms with van der Waals surface area (Å²) in [5, 5.41) is 7.13. The van der Waals surface area contributed by atoms with Crippen LogP contribution in [-0.4, -0.2) is 72.2 Å². The number of nitrogens with one attached hydrogen (secondary N) is 1. The lowest BCUT2D eigenvalue weighted by Gasteiger charge is -2.28. The molecule has 1 N–H and O–H groups in total. The second-order valence-electron chi connectivity index (χ2n) is 6.91. The first-order valence-electron chi connectivity index (χ1n) is 9.63. The molecule has 4 rings (SSSR count). The third-order valence-electron chi connectivity index (χ3n) is 4.94. The van der Waals surface area contributed by atoms with Crippen molar-refractivity contribution in [3.63, 3.8) is 0 Å². The molecule has 1 saturated heterocycles. The van der Waals surface area contributed by atoms with Crippen LogP contribution in [0.25, 0.3) is 16.9 Å². The minimum atomic E-state index is -0.602. The number of amides is 1. The fourth-order valence-corrected chi connectivity index (χ4v) is 3.35. The lowest BCUT2D eigenvalue weighted by atomic mass is 10.1. The van der Waals surface area contributed by atoms with Crippen LogP contribution in [0.5, 0.6) is 0 Å². The van der Waals surface area contributed by atoms with Gasteiger partial charge in [-0.05, 0) is 24.6 Å². The van der Waals surface area contributed by atoms with E-state index in [0.717, 1.165) is 5.56 Å². The Bertz CT molecular complexity index is 1140. The summed E-state index contributed by atoms with van der Waals surface area (Å²) >= 11 is 0. The molecule has 31 heavy (non-hydrogen) atoms. The maximum atomic E-state index is 12.1. The molecule has 4 heterocycles. The van der Waals surface area contributed by atoms with Crippen molar-refractivity contribution in [1.82, 2.24) is 19.6 Å². The molecule has 11 heteroatoms. The van der Waals surface area contributed by atoms with Crippen LogP contribution < -0.4 is 10.2 Å². The van der Waals surface area contributed by atoms with E-state index in [2.05, 4.69) is 25.0 Å². The van der Waals surface area contributed by atoms with Crippen molar-refractivity contribution < 1.29 is 23.8 Å². The number of pyridine rings is 1. The van der Waals surface area contributed by atoms with Crippen molar-refractivity contribution in [2.24, 2.45) is 0 Å². The fraction of sp³-hybridized carbons (Fsp3) is 0.350. The summed E-state index contributed by atoms with van der Waals surface area (Å²) in [5.41, 5.74) is 2.59. The van der Waals surface area contributed by atoms with Crippen LogP contribution in [-0.2, 0) is 14.2 Å². The van der Waals surface area contributed by atoms with Crippen LogP contribution in [0.15, 0.2) is 24.5 Å². The van der Waals surface area contributed by atoms with Gasteiger partial charge in [-0.3, -0.25) is 5.32 Å². The first kappa shape index (κ1) is 20.5. The highest BCUT2D eigenvalue weighted by molar-refractivity contribution is 5.92. The Kier molecular flexibility index (Phi) is 5.67. The minimum absolute atomic E-state index is 0.358. The molecule has 0 unspecified atom stereocenters. The monoisotopic (exact) mass is 426 g/mol. The van der Waals surface area contributed by atoms with Crippen molar-refractivity contribution in [2.75, 3.05) is 50.7 Å². The molecule has 0 aliphatic carbocycles. The third-order valence-corrected chi connectivity index (χ3v) is 4.94. The largest absolute Gasteiger partial charge is 0.465 e. The highest BCUT2D eigenvalue weighted by Gasteiger charge is 2.21. The number of aromatic nitrogens is 4. The van der Waals surface area contributed by atoms with Gasteiger partial charge in [-0.15, -0.1) is 5.10 Å². The fourth-order valence-electron chi connectivity index (χ4n) is 3.35. The first-order valence-corrected chi connectivity index (χ1v) is 9.63. The van der Waals surface area contributed by atoms with E-state index in [1.54, 1.807) is 29.0 Å². The molecule has 1 fully saturated rings. The molecule has 0 bridgehead atoms. The molecular weight excluding hydrogens is 404 g/mol. The van der Waals surface area contributed by atoms with E-state index in [9.17, 15) is 9.59 Å². The van der Waals surface area contributed by atoms with E-state index in [-0.39, 0.29) is 0 Å². The minimum Gasteiger partial charge on any atom is -0.465 e. The predicted octanol–water partition coefficient (Wildman–Crippen LogP) is 1.90. The van der Waals surface area contributed by atoms with Crippen LogP contribution in [0.4, 0.5) is 16.4 Å². The summed E-state index contributed by atoms with van der Waals surface area (Å²) in [5.74, 6) is 1.04. The maximum absolute atomic E-state index is 12.1. The van der Waals surface area contributed by atoms with Gasteiger partial charge in [0.15, 0.2) is 11.6 Å². The van der Waals surface area contributed by atoms with Gasteiger partial charge in [0.2, 0.25) is 0 Å². The Balaban J connectivity index is 1.80. The number of aryl methyl sites for hydroxylation is 1. The number of ether oxygens (including phenoxy) is 3. The van der Waals surface area contributed by atoms with E-state index < -0.39 is 12.1 Å². The van der Waals surface area contributed by atoms with E-state index in [1.807, 2.05) is 6.92 Å². The van der Waals surface area contributed by atoms with Gasteiger partial charge in [-0.2, -0.15) is 0 Å². The molecular formula is C20H22N6O5. The average Bonchev–Trinajstić information content (AvgIpc) is 3.22. The maximum Gasteiger partial charge on any atom is 0.412 e. The van der Waals surface area contributed by atoms with Crippen molar-refractivity contribution in [3.05, 3.63) is 35.7 Å². The molecule has 1 amide bonds. The second kappa shape index (κ2) is 8.56.